The molecule has 2 N–H and O–H groups in total. The summed E-state index contributed by atoms with van der Waals surface area (Å²) in [5.74, 6) is 0.949. The van der Waals surface area contributed by atoms with Gasteiger partial charge in [0, 0.05) is 23.3 Å². The van der Waals surface area contributed by atoms with Crippen LogP contribution in [0.1, 0.15) is 16.1 Å². The zero-order valence-corrected chi connectivity index (χ0v) is 15.5. The summed E-state index contributed by atoms with van der Waals surface area (Å²) in [4.78, 5) is 12.3. The molecule has 6 nitrogen and oxygen atoms in total. The molecule has 0 aliphatic rings. The molecule has 1 heterocycles. The molecule has 0 radical (unpaired) electrons. The van der Waals surface area contributed by atoms with E-state index in [4.69, 9.17) is 16.3 Å². The standard InChI is InChI=1S/C20H19ClN4O2/c1-27-17-4-2-3-16(13-17)23-20(26)18-9-10-19(25-24-18)22-12-11-14-5-7-15(21)8-6-14/h2-10,13H,11-12H2,1H3,(H,22,25)(H,23,26). The molecule has 0 unspecified atom stereocenters. The molecule has 3 rings (SSSR count). The maximum atomic E-state index is 12.3. The molecule has 0 atom stereocenters. The lowest BCUT2D eigenvalue weighted by Crippen LogP contribution is -2.15. The Bertz CT molecular complexity index is 899. The molecule has 0 spiro atoms. The Morgan fingerprint density at radius 2 is 1.89 bits per heavy atom. The number of nitrogens with one attached hydrogen (secondary N) is 2. The number of methoxy groups -OCH3 is 1. The second kappa shape index (κ2) is 9.00. The van der Waals surface area contributed by atoms with Crippen LogP contribution in [0, 0.1) is 0 Å². The monoisotopic (exact) mass is 382 g/mol. The fourth-order valence-electron chi connectivity index (χ4n) is 2.43. The fraction of sp³-hybridized carbons (Fsp3) is 0.150. The van der Waals surface area contributed by atoms with Crippen molar-refractivity contribution in [1.82, 2.24) is 10.2 Å². The summed E-state index contributed by atoms with van der Waals surface area (Å²) in [5, 5.41) is 14.7. The van der Waals surface area contributed by atoms with E-state index < -0.39 is 0 Å². The predicted molar refractivity (Wildman–Crippen MR) is 107 cm³/mol. The van der Waals surface area contributed by atoms with Crippen LogP contribution >= 0.6 is 11.6 Å². The van der Waals surface area contributed by atoms with Crippen LogP contribution in [0.2, 0.25) is 5.02 Å². The van der Waals surface area contributed by atoms with Gasteiger partial charge in [-0.1, -0.05) is 29.8 Å². The molecule has 2 aromatic carbocycles. The zero-order chi connectivity index (χ0) is 19.1. The zero-order valence-electron chi connectivity index (χ0n) is 14.8. The van der Waals surface area contributed by atoms with Crippen molar-refractivity contribution in [3.05, 3.63) is 76.9 Å². The summed E-state index contributed by atoms with van der Waals surface area (Å²) in [5.41, 5.74) is 2.04. The highest BCUT2D eigenvalue weighted by Crippen LogP contribution is 2.17. The van der Waals surface area contributed by atoms with E-state index in [1.807, 2.05) is 24.3 Å². The van der Waals surface area contributed by atoms with Crippen LogP contribution in [0.15, 0.2) is 60.7 Å². The summed E-state index contributed by atoms with van der Waals surface area (Å²) in [6, 6.07) is 18.2. The number of hydrogen-bond acceptors (Lipinski definition) is 5. The van der Waals surface area contributed by atoms with E-state index >= 15 is 0 Å². The highest BCUT2D eigenvalue weighted by Gasteiger charge is 2.09. The minimum absolute atomic E-state index is 0.237. The Hall–Kier alpha value is -3.12. The largest absolute Gasteiger partial charge is 0.497 e. The number of aromatic nitrogens is 2. The Balaban J connectivity index is 1.53. The minimum atomic E-state index is -0.330. The molecule has 27 heavy (non-hydrogen) atoms. The first-order chi connectivity index (χ1) is 13.1. The number of carbonyl (C=O) groups excluding carboxylic acids is 1. The minimum Gasteiger partial charge on any atom is -0.497 e. The van der Waals surface area contributed by atoms with Crippen molar-refractivity contribution in [2.75, 3.05) is 24.3 Å². The van der Waals surface area contributed by atoms with Gasteiger partial charge in [-0.05, 0) is 48.4 Å². The van der Waals surface area contributed by atoms with Gasteiger partial charge in [0.05, 0.1) is 7.11 Å². The SMILES string of the molecule is COc1cccc(NC(=O)c2ccc(NCCc3ccc(Cl)cc3)nn2)c1. The molecule has 3 aromatic rings. The van der Waals surface area contributed by atoms with Crippen LogP contribution in [0.5, 0.6) is 5.75 Å². The van der Waals surface area contributed by atoms with Crippen molar-refractivity contribution < 1.29 is 9.53 Å². The van der Waals surface area contributed by atoms with E-state index in [1.165, 1.54) is 5.56 Å². The third-order valence-corrected chi connectivity index (χ3v) is 4.11. The number of ether oxygens (including phenoxy) is 1. The predicted octanol–water partition coefficient (Wildman–Crippen LogP) is 4.05. The molecule has 0 aliphatic heterocycles. The molecule has 0 aliphatic carbocycles. The number of amides is 1. The van der Waals surface area contributed by atoms with Crippen molar-refractivity contribution in [1.29, 1.82) is 0 Å². The summed E-state index contributed by atoms with van der Waals surface area (Å²) in [7, 11) is 1.57. The number of carbonyl (C=O) groups is 1. The second-order valence-corrected chi connectivity index (χ2v) is 6.23. The van der Waals surface area contributed by atoms with Crippen molar-refractivity contribution in [3.8, 4) is 5.75 Å². The molecule has 1 aromatic heterocycles. The van der Waals surface area contributed by atoms with Crippen molar-refractivity contribution in [2.24, 2.45) is 0 Å². The molecule has 0 saturated heterocycles. The molecule has 1 amide bonds. The summed E-state index contributed by atoms with van der Waals surface area (Å²) in [6.07, 6.45) is 0.830. The Morgan fingerprint density at radius 3 is 2.59 bits per heavy atom. The number of anilines is 2. The van der Waals surface area contributed by atoms with Crippen LogP contribution in [0.3, 0.4) is 0 Å². The molecular weight excluding hydrogens is 364 g/mol. The fourth-order valence-corrected chi connectivity index (χ4v) is 2.56. The Kier molecular flexibility index (Phi) is 6.22. The maximum Gasteiger partial charge on any atom is 0.276 e. The normalized spacial score (nSPS) is 10.3. The first-order valence-corrected chi connectivity index (χ1v) is 8.79. The van der Waals surface area contributed by atoms with Gasteiger partial charge in [0.2, 0.25) is 0 Å². The van der Waals surface area contributed by atoms with Gasteiger partial charge in [0.15, 0.2) is 5.69 Å². The number of hydrogen-bond donors (Lipinski definition) is 2. The smallest absolute Gasteiger partial charge is 0.276 e. The van der Waals surface area contributed by atoms with E-state index in [1.54, 1.807) is 43.5 Å². The molecule has 7 heteroatoms. The number of rotatable bonds is 7. The first-order valence-electron chi connectivity index (χ1n) is 8.41. The first kappa shape index (κ1) is 18.7. The van der Waals surface area contributed by atoms with Gasteiger partial charge >= 0.3 is 0 Å². The Labute approximate surface area is 162 Å². The van der Waals surface area contributed by atoms with Crippen molar-refractivity contribution in [2.45, 2.75) is 6.42 Å². The highest BCUT2D eigenvalue weighted by molar-refractivity contribution is 6.30. The average molecular weight is 383 g/mol. The third kappa shape index (κ3) is 5.43. The van der Waals surface area contributed by atoms with Crippen LogP contribution in [0.25, 0.3) is 0 Å². The van der Waals surface area contributed by atoms with E-state index in [-0.39, 0.29) is 11.6 Å². The van der Waals surface area contributed by atoms with Crippen molar-refractivity contribution >= 4 is 29.0 Å². The van der Waals surface area contributed by atoms with Gasteiger partial charge in [0.25, 0.3) is 5.91 Å². The lowest BCUT2D eigenvalue weighted by molar-refractivity contribution is 0.102. The molecular formula is C20H19ClN4O2. The van der Waals surface area contributed by atoms with Gasteiger partial charge in [-0.2, -0.15) is 0 Å². The maximum absolute atomic E-state index is 12.3. The molecule has 0 saturated carbocycles. The quantitative estimate of drug-likeness (QED) is 0.644. The van der Waals surface area contributed by atoms with E-state index in [0.29, 0.717) is 23.8 Å². The lowest BCUT2D eigenvalue weighted by Gasteiger charge is -2.08. The van der Waals surface area contributed by atoms with Crippen LogP contribution < -0.4 is 15.4 Å². The van der Waals surface area contributed by atoms with Gasteiger partial charge in [-0.15, -0.1) is 10.2 Å². The van der Waals surface area contributed by atoms with Crippen LogP contribution in [-0.2, 0) is 6.42 Å². The van der Waals surface area contributed by atoms with E-state index in [2.05, 4.69) is 20.8 Å². The second-order valence-electron chi connectivity index (χ2n) is 5.79. The number of halogens is 1. The van der Waals surface area contributed by atoms with Gasteiger partial charge in [0.1, 0.15) is 11.6 Å². The third-order valence-electron chi connectivity index (χ3n) is 3.86. The average Bonchev–Trinajstić information content (AvgIpc) is 2.70. The summed E-state index contributed by atoms with van der Waals surface area (Å²) in [6.45, 7) is 0.700. The lowest BCUT2D eigenvalue weighted by atomic mass is 10.1. The molecule has 0 fully saturated rings. The molecule has 0 bridgehead atoms. The van der Waals surface area contributed by atoms with Gasteiger partial charge in [-0.25, -0.2) is 0 Å². The topological polar surface area (TPSA) is 76.1 Å². The summed E-state index contributed by atoms with van der Waals surface area (Å²) >= 11 is 5.88. The summed E-state index contributed by atoms with van der Waals surface area (Å²) < 4.78 is 5.14. The van der Waals surface area contributed by atoms with Crippen molar-refractivity contribution in [3.63, 3.8) is 0 Å². The highest BCUT2D eigenvalue weighted by atomic mass is 35.5. The van der Waals surface area contributed by atoms with Crippen LogP contribution in [0.4, 0.5) is 11.5 Å². The van der Waals surface area contributed by atoms with Crippen LogP contribution in [-0.4, -0.2) is 29.8 Å². The van der Waals surface area contributed by atoms with E-state index in [0.717, 1.165) is 11.4 Å². The Morgan fingerprint density at radius 1 is 1.07 bits per heavy atom. The molecule has 138 valence electrons. The number of nitrogens with zero attached hydrogens (tertiary/aromatic N) is 2. The van der Waals surface area contributed by atoms with E-state index in [9.17, 15) is 4.79 Å². The van der Waals surface area contributed by atoms with Gasteiger partial charge in [-0.3, -0.25) is 4.79 Å². The van der Waals surface area contributed by atoms with Gasteiger partial charge < -0.3 is 15.4 Å². The number of benzene rings is 2.